The standard InChI is InChI=1S/C28H22O3.Na/c29-28(30)18-17-22-11-4-5-14-25(22)23-12-8-13-24(19-23)26-15-6-7-16-27(26)31-20-21-9-2-1-3-10-21;/h1-19H,20H2,(H,29,30);/q;+1/p-1/b18-17+;. The van der Waals surface area contributed by atoms with Gasteiger partial charge in [-0.3, -0.25) is 0 Å². The zero-order chi connectivity index (χ0) is 21.5. The third-order valence-corrected chi connectivity index (χ3v) is 4.97. The SMILES string of the molecule is O=C([O-])/C=C/c1ccccc1-c1cccc(-c2ccccc2OCc2ccccc2)c1.[Na+]. The molecule has 0 fully saturated rings. The van der Waals surface area contributed by atoms with Gasteiger partial charge in [0.15, 0.2) is 0 Å². The van der Waals surface area contributed by atoms with Crippen LogP contribution in [0, 0.1) is 0 Å². The Morgan fingerprint density at radius 3 is 2.12 bits per heavy atom. The summed E-state index contributed by atoms with van der Waals surface area (Å²) < 4.78 is 6.13. The van der Waals surface area contributed by atoms with Crippen LogP contribution in [-0.2, 0) is 11.4 Å². The molecule has 0 unspecified atom stereocenters. The molecule has 0 aliphatic carbocycles. The molecule has 0 aliphatic heterocycles. The Kier molecular flexibility index (Phi) is 8.46. The predicted molar refractivity (Wildman–Crippen MR) is 122 cm³/mol. The van der Waals surface area contributed by atoms with Crippen LogP contribution in [0.25, 0.3) is 28.3 Å². The molecule has 0 saturated carbocycles. The van der Waals surface area contributed by atoms with Crippen LogP contribution in [0.4, 0.5) is 0 Å². The van der Waals surface area contributed by atoms with E-state index in [1.54, 1.807) is 6.08 Å². The van der Waals surface area contributed by atoms with Crippen molar-refractivity contribution >= 4 is 12.0 Å². The van der Waals surface area contributed by atoms with E-state index in [-0.39, 0.29) is 29.6 Å². The van der Waals surface area contributed by atoms with Crippen molar-refractivity contribution in [1.29, 1.82) is 0 Å². The summed E-state index contributed by atoms with van der Waals surface area (Å²) in [4.78, 5) is 10.8. The van der Waals surface area contributed by atoms with Crippen molar-refractivity contribution in [3.63, 3.8) is 0 Å². The number of carbonyl (C=O) groups excluding carboxylic acids is 1. The van der Waals surface area contributed by atoms with E-state index in [2.05, 4.69) is 6.07 Å². The summed E-state index contributed by atoms with van der Waals surface area (Å²) in [6, 6.07) is 33.9. The Morgan fingerprint density at radius 2 is 1.38 bits per heavy atom. The first kappa shape index (κ1) is 23.6. The number of hydrogen-bond acceptors (Lipinski definition) is 3. The molecular weight excluding hydrogens is 407 g/mol. The molecule has 0 radical (unpaired) electrons. The van der Waals surface area contributed by atoms with E-state index in [1.165, 1.54) is 0 Å². The van der Waals surface area contributed by atoms with Gasteiger partial charge in [-0.15, -0.1) is 0 Å². The van der Waals surface area contributed by atoms with Gasteiger partial charge in [0.05, 0.1) is 5.97 Å². The molecule has 32 heavy (non-hydrogen) atoms. The van der Waals surface area contributed by atoms with Gasteiger partial charge >= 0.3 is 29.6 Å². The quantitative estimate of drug-likeness (QED) is 0.336. The van der Waals surface area contributed by atoms with Crippen molar-refractivity contribution in [1.82, 2.24) is 0 Å². The summed E-state index contributed by atoms with van der Waals surface area (Å²) in [6.45, 7) is 0.494. The van der Waals surface area contributed by atoms with Crippen molar-refractivity contribution in [2.45, 2.75) is 6.61 Å². The number of hydrogen-bond donors (Lipinski definition) is 0. The van der Waals surface area contributed by atoms with Crippen LogP contribution in [0.15, 0.2) is 109 Å². The van der Waals surface area contributed by atoms with Gasteiger partial charge in [0.2, 0.25) is 0 Å². The van der Waals surface area contributed by atoms with Gasteiger partial charge in [0.1, 0.15) is 12.4 Å². The molecule has 4 aromatic carbocycles. The van der Waals surface area contributed by atoms with E-state index < -0.39 is 5.97 Å². The van der Waals surface area contributed by atoms with E-state index in [0.717, 1.165) is 45.2 Å². The summed E-state index contributed by atoms with van der Waals surface area (Å²) in [5.74, 6) is -0.401. The van der Waals surface area contributed by atoms with Gasteiger partial charge in [-0.25, -0.2) is 0 Å². The summed E-state index contributed by atoms with van der Waals surface area (Å²) in [7, 11) is 0. The minimum absolute atomic E-state index is 0. The summed E-state index contributed by atoms with van der Waals surface area (Å²) in [5.41, 5.74) is 5.90. The van der Waals surface area contributed by atoms with Crippen LogP contribution in [0.1, 0.15) is 11.1 Å². The van der Waals surface area contributed by atoms with Crippen molar-refractivity contribution < 1.29 is 44.2 Å². The Morgan fingerprint density at radius 1 is 0.750 bits per heavy atom. The van der Waals surface area contributed by atoms with Gasteiger partial charge < -0.3 is 14.6 Å². The van der Waals surface area contributed by atoms with Crippen LogP contribution in [0.5, 0.6) is 5.75 Å². The van der Waals surface area contributed by atoms with Gasteiger partial charge in [0, 0.05) is 5.56 Å². The second-order valence-corrected chi connectivity index (χ2v) is 7.09. The fraction of sp³-hybridized carbons (Fsp3) is 0.0357. The van der Waals surface area contributed by atoms with E-state index in [4.69, 9.17) is 4.74 Å². The third-order valence-electron chi connectivity index (χ3n) is 4.97. The fourth-order valence-electron chi connectivity index (χ4n) is 3.48. The second-order valence-electron chi connectivity index (χ2n) is 7.09. The van der Waals surface area contributed by atoms with Crippen LogP contribution < -0.4 is 39.4 Å². The average molecular weight is 428 g/mol. The topological polar surface area (TPSA) is 49.4 Å². The molecular formula is C28H21NaO3. The predicted octanol–water partition coefficient (Wildman–Crippen LogP) is 2.37. The number of benzene rings is 4. The Balaban J connectivity index is 0.00000289. The minimum atomic E-state index is -1.21. The zero-order valence-electron chi connectivity index (χ0n) is 17.9. The Hall–Kier alpha value is -3.11. The first-order valence-electron chi connectivity index (χ1n) is 10.1. The molecule has 152 valence electrons. The normalized spacial score (nSPS) is 10.5. The van der Waals surface area contributed by atoms with Crippen molar-refractivity contribution in [3.05, 3.63) is 120 Å². The van der Waals surface area contributed by atoms with Gasteiger partial charge in [0.25, 0.3) is 0 Å². The smallest absolute Gasteiger partial charge is 0.545 e. The zero-order valence-corrected chi connectivity index (χ0v) is 19.9. The minimum Gasteiger partial charge on any atom is -0.545 e. The van der Waals surface area contributed by atoms with Crippen LogP contribution in [0.3, 0.4) is 0 Å². The van der Waals surface area contributed by atoms with Gasteiger partial charge in [-0.05, 0) is 46.0 Å². The molecule has 0 aliphatic rings. The number of ether oxygens (including phenoxy) is 1. The molecule has 4 aromatic rings. The van der Waals surface area contributed by atoms with Gasteiger partial charge in [-0.2, -0.15) is 0 Å². The van der Waals surface area contributed by atoms with Crippen molar-refractivity contribution in [3.8, 4) is 28.0 Å². The van der Waals surface area contributed by atoms with Crippen LogP contribution >= 0.6 is 0 Å². The number of carbonyl (C=O) groups is 1. The summed E-state index contributed by atoms with van der Waals surface area (Å²) in [5, 5.41) is 10.8. The molecule has 0 saturated heterocycles. The van der Waals surface area contributed by atoms with E-state index in [0.29, 0.717) is 6.61 Å². The van der Waals surface area contributed by atoms with Crippen LogP contribution in [-0.4, -0.2) is 5.97 Å². The average Bonchev–Trinajstić information content (AvgIpc) is 2.82. The molecule has 3 nitrogen and oxygen atoms in total. The maximum absolute atomic E-state index is 10.8. The number of rotatable bonds is 7. The first-order chi connectivity index (χ1) is 15.2. The van der Waals surface area contributed by atoms with Gasteiger partial charge in [-0.1, -0.05) is 97.1 Å². The van der Waals surface area contributed by atoms with Crippen molar-refractivity contribution in [2.24, 2.45) is 0 Å². The number of carboxylic acid groups (broad SMARTS) is 1. The molecule has 0 atom stereocenters. The molecule has 0 N–H and O–H groups in total. The first-order valence-corrected chi connectivity index (χ1v) is 10.1. The number of para-hydroxylation sites is 1. The second kappa shape index (κ2) is 11.5. The molecule has 0 amide bonds. The Labute approximate surface area is 210 Å². The summed E-state index contributed by atoms with van der Waals surface area (Å²) in [6.07, 6.45) is 2.61. The van der Waals surface area contributed by atoms with E-state index >= 15 is 0 Å². The third kappa shape index (κ3) is 5.98. The number of carboxylic acids is 1. The van der Waals surface area contributed by atoms with E-state index in [1.807, 2.05) is 97.1 Å². The molecule has 4 rings (SSSR count). The van der Waals surface area contributed by atoms with Crippen molar-refractivity contribution in [2.75, 3.05) is 0 Å². The number of aliphatic carboxylic acids is 1. The molecule has 0 heterocycles. The molecule has 0 spiro atoms. The molecule has 0 aromatic heterocycles. The Bertz CT molecular complexity index is 1220. The summed E-state index contributed by atoms with van der Waals surface area (Å²) >= 11 is 0. The fourth-order valence-corrected chi connectivity index (χ4v) is 3.48. The van der Waals surface area contributed by atoms with E-state index in [9.17, 15) is 9.90 Å². The maximum atomic E-state index is 10.8. The monoisotopic (exact) mass is 428 g/mol. The molecule has 4 heteroatoms. The largest absolute Gasteiger partial charge is 1.00 e. The van der Waals surface area contributed by atoms with Crippen LogP contribution in [0.2, 0.25) is 0 Å². The maximum Gasteiger partial charge on any atom is 1.00 e. The molecule has 0 bridgehead atoms.